The number of carbonyl (C=O) groups is 1. The molecule has 0 saturated carbocycles. The van der Waals surface area contributed by atoms with Gasteiger partial charge in [-0.3, -0.25) is 10.4 Å². The van der Waals surface area contributed by atoms with E-state index in [-0.39, 0.29) is 12.1 Å². The Morgan fingerprint density at radius 3 is 2.55 bits per heavy atom. The summed E-state index contributed by atoms with van der Waals surface area (Å²) in [6.07, 6.45) is 1.70. The van der Waals surface area contributed by atoms with Gasteiger partial charge in [-0.15, -0.1) is 0 Å². The van der Waals surface area contributed by atoms with Gasteiger partial charge in [0.1, 0.15) is 5.82 Å². The van der Waals surface area contributed by atoms with Gasteiger partial charge in [0.25, 0.3) is 0 Å². The third kappa shape index (κ3) is 4.52. The molecule has 0 aliphatic heterocycles. The van der Waals surface area contributed by atoms with Gasteiger partial charge in [0.15, 0.2) is 5.82 Å². The minimum atomic E-state index is -0.310. The molecule has 2 aromatic carbocycles. The summed E-state index contributed by atoms with van der Waals surface area (Å²) in [5, 5.41) is 17.1. The number of fused-ring (bicyclic) bond motifs is 1. The number of nitrogens with one attached hydrogen (secondary N) is 4. The molecule has 2 amide bonds. The van der Waals surface area contributed by atoms with E-state index in [1.54, 1.807) is 12.3 Å². The van der Waals surface area contributed by atoms with Gasteiger partial charge < -0.3 is 10.6 Å². The van der Waals surface area contributed by atoms with Crippen molar-refractivity contribution < 1.29 is 4.79 Å². The maximum Gasteiger partial charge on any atom is 0.320 e. The lowest BCUT2D eigenvalue weighted by molar-refractivity contribution is 0.249. The Morgan fingerprint density at radius 1 is 1.07 bits per heavy atom. The van der Waals surface area contributed by atoms with Gasteiger partial charge in [-0.25, -0.2) is 9.78 Å². The lowest BCUT2D eigenvalue weighted by Gasteiger charge is -2.14. The fraction of sp³-hybridized carbons (Fsp3) is 0.136. The molecule has 7 heteroatoms. The Labute approximate surface area is 168 Å². The van der Waals surface area contributed by atoms with E-state index >= 15 is 0 Å². The predicted molar refractivity (Wildman–Crippen MR) is 115 cm³/mol. The maximum absolute atomic E-state index is 12.3. The highest BCUT2D eigenvalue weighted by Gasteiger charge is 2.12. The second-order valence-electron chi connectivity index (χ2n) is 6.76. The van der Waals surface area contributed by atoms with Crippen molar-refractivity contribution in [1.29, 1.82) is 0 Å². The molecule has 4 N–H and O–H groups in total. The lowest BCUT2D eigenvalue weighted by Crippen LogP contribution is -2.31. The summed E-state index contributed by atoms with van der Waals surface area (Å²) >= 11 is 0. The smallest absolute Gasteiger partial charge is 0.320 e. The Balaban J connectivity index is 1.39. The molecular formula is C22H22N6O. The summed E-state index contributed by atoms with van der Waals surface area (Å²) in [4.78, 5) is 16.6. The number of amides is 2. The molecular weight excluding hydrogens is 364 g/mol. The molecule has 0 radical (unpaired) electrons. The Bertz CT molecular complexity index is 1090. The molecule has 4 aromatic rings. The van der Waals surface area contributed by atoms with E-state index in [4.69, 9.17) is 0 Å². The average Bonchev–Trinajstić information content (AvgIpc) is 3.15. The number of nitrogens with zero attached hydrogens (tertiary/aromatic N) is 2. The van der Waals surface area contributed by atoms with Crippen LogP contribution in [0, 0.1) is 0 Å². The SMILES string of the molecule is CC(NC(=O)Nc1cc2[nH]nc(NCc3ccccc3)c2cn1)c1ccccc1. The molecule has 29 heavy (non-hydrogen) atoms. The topological polar surface area (TPSA) is 94.7 Å². The van der Waals surface area contributed by atoms with Crippen LogP contribution in [0.4, 0.5) is 16.4 Å². The van der Waals surface area contributed by atoms with Crippen molar-refractivity contribution in [3.05, 3.63) is 84.1 Å². The third-order valence-electron chi connectivity index (χ3n) is 4.64. The van der Waals surface area contributed by atoms with E-state index in [1.165, 1.54) is 5.56 Å². The van der Waals surface area contributed by atoms with Gasteiger partial charge in [-0.05, 0) is 18.1 Å². The summed E-state index contributed by atoms with van der Waals surface area (Å²) in [5.41, 5.74) is 3.00. The van der Waals surface area contributed by atoms with E-state index < -0.39 is 0 Å². The summed E-state index contributed by atoms with van der Waals surface area (Å²) in [6.45, 7) is 2.60. The predicted octanol–water partition coefficient (Wildman–Crippen LogP) is 4.45. The Hall–Kier alpha value is -3.87. The number of pyridine rings is 1. The van der Waals surface area contributed by atoms with Crippen molar-refractivity contribution in [2.24, 2.45) is 0 Å². The summed E-state index contributed by atoms with van der Waals surface area (Å²) in [7, 11) is 0. The number of anilines is 2. The molecule has 0 aliphatic carbocycles. The standard InChI is InChI=1S/C22H22N6O/c1-15(17-10-6-3-7-11-17)25-22(29)26-20-12-19-18(14-23-20)21(28-27-19)24-13-16-8-4-2-5-9-16/h2-12,14-15H,13H2,1H3,(H2,24,27,28)(H2,23,25,26,29). The highest BCUT2D eigenvalue weighted by molar-refractivity contribution is 5.94. The first-order chi connectivity index (χ1) is 14.2. The largest absolute Gasteiger partial charge is 0.364 e. The molecule has 0 saturated heterocycles. The number of aromatic nitrogens is 3. The molecule has 146 valence electrons. The number of urea groups is 1. The first-order valence-electron chi connectivity index (χ1n) is 9.43. The van der Waals surface area contributed by atoms with Crippen molar-refractivity contribution in [1.82, 2.24) is 20.5 Å². The monoisotopic (exact) mass is 386 g/mol. The zero-order valence-corrected chi connectivity index (χ0v) is 16.0. The number of benzene rings is 2. The van der Waals surface area contributed by atoms with Crippen LogP contribution < -0.4 is 16.0 Å². The van der Waals surface area contributed by atoms with Gasteiger partial charge in [-0.2, -0.15) is 5.10 Å². The zero-order valence-electron chi connectivity index (χ0n) is 16.0. The minimum absolute atomic E-state index is 0.110. The zero-order chi connectivity index (χ0) is 20.1. The van der Waals surface area contributed by atoms with Crippen LogP contribution >= 0.6 is 0 Å². The number of hydrogen-bond donors (Lipinski definition) is 4. The van der Waals surface area contributed by atoms with Gasteiger partial charge in [0.05, 0.1) is 16.9 Å². The van der Waals surface area contributed by atoms with E-state index in [1.807, 2.05) is 55.5 Å². The fourth-order valence-electron chi connectivity index (χ4n) is 3.07. The quantitative estimate of drug-likeness (QED) is 0.394. The van der Waals surface area contributed by atoms with Crippen LogP contribution in [0.3, 0.4) is 0 Å². The minimum Gasteiger partial charge on any atom is -0.364 e. The van der Waals surface area contributed by atoms with Crippen LogP contribution in [0.15, 0.2) is 72.9 Å². The fourth-order valence-corrected chi connectivity index (χ4v) is 3.07. The molecule has 2 heterocycles. The molecule has 1 atom stereocenters. The normalized spacial score (nSPS) is 11.8. The van der Waals surface area contributed by atoms with Gasteiger partial charge in [0, 0.05) is 18.8 Å². The van der Waals surface area contributed by atoms with Crippen LogP contribution in [0.5, 0.6) is 0 Å². The molecule has 2 aromatic heterocycles. The molecule has 0 spiro atoms. The molecule has 0 aliphatic rings. The van der Waals surface area contributed by atoms with Crippen molar-refractivity contribution in [3.8, 4) is 0 Å². The van der Waals surface area contributed by atoms with Crippen LogP contribution in [-0.2, 0) is 6.54 Å². The van der Waals surface area contributed by atoms with Crippen molar-refractivity contribution in [2.75, 3.05) is 10.6 Å². The number of rotatable bonds is 6. The summed E-state index contributed by atoms with van der Waals surface area (Å²) in [5.74, 6) is 1.18. The first kappa shape index (κ1) is 18.5. The highest BCUT2D eigenvalue weighted by Crippen LogP contribution is 2.22. The van der Waals surface area contributed by atoms with Crippen LogP contribution in [0.1, 0.15) is 24.1 Å². The lowest BCUT2D eigenvalue weighted by atomic mass is 10.1. The molecule has 7 nitrogen and oxygen atoms in total. The van der Waals surface area contributed by atoms with Crippen LogP contribution in [0.2, 0.25) is 0 Å². The second kappa shape index (κ2) is 8.43. The van der Waals surface area contributed by atoms with Crippen LogP contribution in [-0.4, -0.2) is 21.2 Å². The highest BCUT2D eigenvalue weighted by atomic mass is 16.2. The Kier molecular flexibility index (Phi) is 5.38. The third-order valence-corrected chi connectivity index (χ3v) is 4.64. The van der Waals surface area contributed by atoms with Crippen molar-refractivity contribution >= 4 is 28.6 Å². The van der Waals surface area contributed by atoms with Crippen molar-refractivity contribution in [2.45, 2.75) is 19.5 Å². The maximum atomic E-state index is 12.3. The molecule has 0 fully saturated rings. The average molecular weight is 386 g/mol. The van der Waals surface area contributed by atoms with E-state index in [0.29, 0.717) is 12.4 Å². The van der Waals surface area contributed by atoms with Crippen molar-refractivity contribution in [3.63, 3.8) is 0 Å². The molecule has 0 bridgehead atoms. The summed E-state index contributed by atoms with van der Waals surface area (Å²) in [6, 6.07) is 21.2. The van der Waals surface area contributed by atoms with Gasteiger partial charge >= 0.3 is 6.03 Å². The molecule has 1 unspecified atom stereocenters. The Morgan fingerprint density at radius 2 is 1.79 bits per heavy atom. The second-order valence-corrected chi connectivity index (χ2v) is 6.76. The number of aromatic amines is 1. The van der Waals surface area contributed by atoms with Crippen LogP contribution in [0.25, 0.3) is 10.9 Å². The van der Waals surface area contributed by atoms with Gasteiger partial charge in [-0.1, -0.05) is 60.7 Å². The number of hydrogen-bond acceptors (Lipinski definition) is 4. The van der Waals surface area contributed by atoms with Gasteiger partial charge in [0.2, 0.25) is 0 Å². The van der Waals surface area contributed by atoms with E-state index in [9.17, 15) is 4.79 Å². The number of carbonyl (C=O) groups excluding carboxylic acids is 1. The number of H-pyrrole nitrogens is 1. The summed E-state index contributed by atoms with van der Waals surface area (Å²) < 4.78 is 0. The molecule has 4 rings (SSSR count). The van der Waals surface area contributed by atoms with E-state index in [2.05, 4.69) is 43.3 Å². The van der Waals surface area contributed by atoms with E-state index in [0.717, 1.165) is 22.3 Å². The first-order valence-corrected chi connectivity index (χ1v) is 9.43.